The zero-order valence-corrected chi connectivity index (χ0v) is 8.82. The van der Waals surface area contributed by atoms with Gasteiger partial charge in [0.15, 0.2) is 0 Å². The summed E-state index contributed by atoms with van der Waals surface area (Å²) in [6.07, 6.45) is -0.153. The third-order valence-electron chi connectivity index (χ3n) is 1.40. The number of carbonyl (C=O) groups excluding carboxylic acids is 1. The van der Waals surface area contributed by atoms with Gasteiger partial charge in [0.1, 0.15) is 5.92 Å². The smallest absolute Gasteiger partial charge is 0.441 e. The van der Waals surface area contributed by atoms with Crippen LogP contribution in [0.3, 0.4) is 0 Å². The van der Waals surface area contributed by atoms with E-state index in [1.807, 2.05) is 0 Å². The minimum Gasteiger partial charge on any atom is -0.465 e. The highest BCUT2D eigenvalue weighted by atomic mass is 32.2. The molecule has 0 aliphatic carbocycles. The zero-order valence-electron chi connectivity index (χ0n) is 8.00. The Morgan fingerprint density at radius 2 is 2.20 bits per heavy atom. The number of thioether (sulfide) groups is 1. The van der Waals surface area contributed by atoms with Crippen LogP contribution in [0.25, 0.3) is 0 Å². The van der Waals surface area contributed by atoms with Crippen molar-refractivity contribution in [3.05, 3.63) is 0 Å². The lowest BCUT2D eigenvalue weighted by atomic mass is 10.1. The Kier molecular flexibility index (Phi) is 6.17. The summed E-state index contributed by atoms with van der Waals surface area (Å²) >= 11 is -0.246. The molecule has 0 aromatic heterocycles. The van der Waals surface area contributed by atoms with Crippen molar-refractivity contribution in [1.82, 2.24) is 0 Å². The van der Waals surface area contributed by atoms with Crippen LogP contribution in [0.5, 0.6) is 0 Å². The van der Waals surface area contributed by atoms with Crippen LogP contribution in [0, 0.1) is 17.2 Å². The van der Waals surface area contributed by atoms with Crippen LogP contribution in [0.4, 0.5) is 13.2 Å². The first-order valence-corrected chi connectivity index (χ1v) is 5.16. The largest absolute Gasteiger partial charge is 0.465 e. The average molecular weight is 241 g/mol. The maximum Gasteiger partial charge on any atom is 0.441 e. The molecule has 15 heavy (non-hydrogen) atoms. The molecule has 0 N–H and O–H groups in total. The molecule has 0 spiro atoms. The first-order valence-electron chi connectivity index (χ1n) is 4.17. The van der Waals surface area contributed by atoms with Gasteiger partial charge in [0.05, 0.1) is 12.7 Å². The first kappa shape index (κ1) is 14.1. The van der Waals surface area contributed by atoms with Gasteiger partial charge in [-0.3, -0.25) is 4.79 Å². The van der Waals surface area contributed by atoms with E-state index in [1.165, 1.54) is 0 Å². The molecule has 0 aliphatic heterocycles. The Morgan fingerprint density at radius 3 is 2.60 bits per heavy atom. The Labute approximate surface area is 89.6 Å². The summed E-state index contributed by atoms with van der Waals surface area (Å²) in [7, 11) is 0. The molecule has 0 aromatic carbocycles. The molecule has 0 amide bonds. The molecule has 0 fully saturated rings. The minimum absolute atomic E-state index is 0.115. The van der Waals surface area contributed by atoms with E-state index in [0.29, 0.717) is 0 Å². The normalized spacial score (nSPS) is 13.0. The Balaban J connectivity index is 3.92. The van der Waals surface area contributed by atoms with Gasteiger partial charge in [0, 0.05) is 5.75 Å². The van der Waals surface area contributed by atoms with Crippen LogP contribution >= 0.6 is 11.8 Å². The van der Waals surface area contributed by atoms with Crippen molar-refractivity contribution >= 4 is 17.7 Å². The maximum atomic E-state index is 11.7. The fourth-order valence-corrected chi connectivity index (χ4v) is 1.36. The Bertz CT molecular complexity index is 249. The van der Waals surface area contributed by atoms with Crippen molar-refractivity contribution in [3.63, 3.8) is 0 Å². The standard InChI is InChI=1S/C8H10F3NO2S/c1-2-14-7(13)6(5-12)3-4-15-8(9,10)11/h6H,2-4H2,1H3. The van der Waals surface area contributed by atoms with E-state index in [1.54, 1.807) is 13.0 Å². The van der Waals surface area contributed by atoms with Crippen molar-refractivity contribution in [2.24, 2.45) is 5.92 Å². The van der Waals surface area contributed by atoms with Gasteiger partial charge in [-0.15, -0.1) is 0 Å². The summed E-state index contributed by atoms with van der Waals surface area (Å²) in [6, 6.07) is 1.62. The van der Waals surface area contributed by atoms with E-state index in [0.717, 1.165) is 0 Å². The van der Waals surface area contributed by atoms with E-state index in [4.69, 9.17) is 5.26 Å². The summed E-state index contributed by atoms with van der Waals surface area (Å²) < 4.78 is 39.7. The zero-order chi connectivity index (χ0) is 11.9. The predicted molar refractivity (Wildman–Crippen MR) is 48.9 cm³/mol. The van der Waals surface area contributed by atoms with Crippen LogP contribution in [0.15, 0.2) is 0 Å². The molecule has 0 radical (unpaired) electrons. The van der Waals surface area contributed by atoms with Crippen LogP contribution in [-0.2, 0) is 9.53 Å². The molecule has 0 bridgehead atoms. The highest BCUT2D eigenvalue weighted by Gasteiger charge is 2.29. The molecule has 0 aromatic rings. The number of ether oxygens (including phenoxy) is 1. The van der Waals surface area contributed by atoms with Gasteiger partial charge in [0.2, 0.25) is 0 Å². The molecular formula is C8H10F3NO2S. The van der Waals surface area contributed by atoms with Gasteiger partial charge in [-0.05, 0) is 13.3 Å². The summed E-state index contributed by atoms with van der Waals surface area (Å²) in [5.41, 5.74) is -4.32. The fraction of sp³-hybridized carbons (Fsp3) is 0.750. The molecule has 1 unspecified atom stereocenters. The summed E-state index contributed by atoms with van der Waals surface area (Å²) in [6.45, 7) is 1.68. The quantitative estimate of drug-likeness (QED) is 0.693. The first-order chi connectivity index (χ1) is 6.90. The van der Waals surface area contributed by atoms with Crippen LogP contribution in [0.1, 0.15) is 13.3 Å². The lowest BCUT2D eigenvalue weighted by Gasteiger charge is -2.08. The van der Waals surface area contributed by atoms with Crippen molar-refractivity contribution in [3.8, 4) is 6.07 Å². The summed E-state index contributed by atoms with van der Waals surface area (Å²) in [5.74, 6) is -2.19. The third-order valence-corrected chi connectivity index (χ3v) is 2.17. The van der Waals surface area contributed by atoms with Gasteiger partial charge < -0.3 is 4.74 Å². The Morgan fingerprint density at radius 1 is 1.60 bits per heavy atom. The molecular weight excluding hydrogens is 231 g/mol. The van der Waals surface area contributed by atoms with E-state index >= 15 is 0 Å². The highest BCUT2D eigenvalue weighted by molar-refractivity contribution is 8.00. The molecule has 86 valence electrons. The molecule has 1 atom stereocenters. The van der Waals surface area contributed by atoms with Crippen LogP contribution in [-0.4, -0.2) is 23.8 Å². The van der Waals surface area contributed by atoms with Gasteiger partial charge in [-0.2, -0.15) is 18.4 Å². The van der Waals surface area contributed by atoms with Crippen molar-refractivity contribution in [2.75, 3.05) is 12.4 Å². The van der Waals surface area contributed by atoms with Gasteiger partial charge in [-0.1, -0.05) is 11.8 Å². The molecule has 0 heterocycles. The second-order valence-electron chi connectivity index (χ2n) is 2.52. The minimum atomic E-state index is -4.32. The van der Waals surface area contributed by atoms with E-state index in [-0.39, 0.29) is 30.5 Å². The second kappa shape index (κ2) is 6.56. The number of rotatable bonds is 5. The molecule has 7 heteroatoms. The lowest BCUT2D eigenvalue weighted by molar-refractivity contribution is -0.146. The molecule has 0 aliphatic rings. The molecule has 3 nitrogen and oxygen atoms in total. The van der Waals surface area contributed by atoms with Gasteiger partial charge in [0.25, 0.3) is 0 Å². The highest BCUT2D eigenvalue weighted by Crippen LogP contribution is 2.31. The summed E-state index contributed by atoms with van der Waals surface area (Å²) in [4.78, 5) is 11.0. The van der Waals surface area contributed by atoms with E-state index < -0.39 is 17.4 Å². The van der Waals surface area contributed by atoms with Crippen LogP contribution < -0.4 is 0 Å². The average Bonchev–Trinajstić information content (AvgIpc) is 2.11. The van der Waals surface area contributed by atoms with Crippen molar-refractivity contribution < 1.29 is 22.7 Å². The molecule has 0 saturated carbocycles. The number of halogens is 3. The van der Waals surface area contributed by atoms with Gasteiger partial charge in [-0.25, -0.2) is 0 Å². The lowest BCUT2D eigenvalue weighted by Crippen LogP contribution is -2.17. The second-order valence-corrected chi connectivity index (χ2v) is 3.68. The fourth-order valence-electron chi connectivity index (χ4n) is 0.770. The topological polar surface area (TPSA) is 50.1 Å². The number of esters is 1. The number of nitriles is 1. The predicted octanol–water partition coefficient (Wildman–Crippen LogP) is 2.33. The third kappa shape index (κ3) is 7.08. The molecule has 0 saturated heterocycles. The van der Waals surface area contributed by atoms with Gasteiger partial charge >= 0.3 is 11.5 Å². The SMILES string of the molecule is CCOC(=O)C(C#N)CCSC(F)(F)F. The monoisotopic (exact) mass is 241 g/mol. The van der Waals surface area contributed by atoms with Crippen molar-refractivity contribution in [1.29, 1.82) is 5.26 Å². The van der Waals surface area contributed by atoms with E-state index in [2.05, 4.69) is 4.74 Å². The number of hydrogen-bond donors (Lipinski definition) is 0. The van der Waals surface area contributed by atoms with Crippen molar-refractivity contribution in [2.45, 2.75) is 18.9 Å². The summed E-state index contributed by atoms with van der Waals surface area (Å²) in [5, 5.41) is 8.51. The maximum absolute atomic E-state index is 11.7. The van der Waals surface area contributed by atoms with Crippen LogP contribution in [0.2, 0.25) is 0 Å². The number of hydrogen-bond acceptors (Lipinski definition) is 4. The molecule has 0 rings (SSSR count). The number of alkyl halides is 3. The number of nitrogens with zero attached hydrogens (tertiary/aromatic N) is 1. The van der Waals surface area contributed by atoms with E-state index in [9.17, 15) is 18.0 Å². The number of carbonyl (C=O) groups is 1. The Hall–Kier alpha value is -0.900.